The molecular weight excluding hydrogens is 853 g/mol. The second kappa shape index (κ2) is 19.1. The number of fused-ring (bicyclic) bond motifs is 3. The molecule has 2 aliphatic carbocycles. The van der Waals surface area contributed by atoms with Gasteiger partial charge in [-0.1, -0.05) is 129 Å². The van der Waals surface area contributed by atoms with Crippen LogP contribution in [-0.4, -0.2) is 3.21 Å². The van der Waals surface area contributed by atoms with Crippen molar-refractivity contribution in [3.05, 3.63) is 153 Å². The number of allylic oxidation sites excluding steroid dienone is 4. The van der Waals surface area contributed by atoms with Crippen molar-refractivity contribution >= 4 is 3.21 Å². The minimum Gasteiger partial charge on any atom is -1.00 e. The SMILES string of the molecule is CC(C)(C)c1c[c-]c2c(c1)-c1cc(C(C)(C)C)ccc1C2.CCC1=[C-]C(C)C=C1C(C)(C)C.FC(F)(F)c1cccc([C](=[Zr+2])c2cccc(C(F)(F)F)c2)c1.[Cl-].[Cl-]. The van der Waals surface area contributed by atoms with E-state index < -0.39 is 23.5 Å². The van der Waals surface area contributed by atoms with Crippen molar-refractivity contribution in [3.8, 4) is 11.1 Å². The number of hydrogen-bond acceptors (Lipinski definition) is 0. The molecule has 0 N–H and O–H groups in total. The van der Waals surface area contributed by atoms with Crippen LogP contribution in [0.2, 0.25) is 0 Å². The molecule has 1 unspecified atom stereocenters. The molecule has 2 aliphatic rings. The summed E-state index contributed by atoms with van der Waals surface area (Å²) in [5.74, 6) is 0.522. The molecular formula is C48H52Cl2F6Zr-2. The molecule has 0 heterocycles. The Balaban J connectivity index is 0.000000302. The largest absolute Gasteiger partial charge is 1.00 e. The molecule has 9 heteroatoms. The Morgan fingerprint density at radius 1 is 0.649 bits per heavy atom. The van der Waals surface area contributed by atoms with Crippen molar-refractivity contribution in [2.45, 2.75) is 112 Å². The van der Waals surface area contributed by atoms with E-state index in [1.807, 2.05) is 0 Å². The van der Waals surface area contributed by atoms with E-state index in [9.17, 15) is 26.3 Å². The molecule has 0 amide bonds. The van der Waals surface area contributed by atoms with E-state index in [-0.39, 0.29) is 46.8 Å². The second-order valence-corrected chi connectivity index (χ2v) is 18.7. The first kappa shape index (κ1) is 50.4. The fraction of sp³-hybridized carbons (Fsp3) is 0.396. The monoisotopic (exact) mass is 902 g/mol. The molecule has 4 aromatic rings. The zero-order valence-electron chi connectivity index (χ0n) is 34.6. The summed E-state index contributed by atoms with van der Waals surface area (Å²) in [6.07, 6.45) is -0.996. The number of halogens is 8. The number of alkyl halides is 6. The summed E-state index contributed by atoms with van der Waals surface area (Å²) in [7, 11) is 0. The van der Waals surface area contributed by atoms with E-state index >= 15 is 0 Å². The Morgan fingerprint density at radius 2 is 1.14 bits per heavy atom. The fourth-order valence-electron chi connectivity index (χ4n) is 6.59. The third kappa shape index (κ3) is 13.1. The molecule has 0 aliphatic heterocycles. The minimum atomic E-state index is -4.49. The third-order valence-corrected chi connectivity index (χ3v) is 11.2. The van der Waals surface area contributed by atoms with Crippen LogP contribution in [0.1, 0.15) is 127 Å². The van der Waals surface area contributed by atoms with Crippen LogP contribution in [0.15, 0.2) is 96.1 Å². The van der Waals surface area contributed by atoms with Gasteiger partial charge in [0.15, 0.2) is 0 Å². The second-order valence-electron chi connectivity index (χ2n) is 17.5. The predicted octanol–water partition coefficient (Wildman–Crippen LogP) is 8.25. The van der Waals surface area contributed by atoms with E-state index in [2.05, 4.69) is 125 Å². The van der Waals surface area contributed by atoms with Crippen LogP contribution in [0.3, 0.4) is 0 Å². The number of hydrogen-bond donors (Lipinski definition) is 0. The van der Waals surface area contributed by atoms with E-state index in [1.165, 1.54) is 68.8 Å². The molecule has 0 aromatic heterocycles. The molecule has 1 atom stereocenters. The summed E-state index contributed by atoms with van der Waals surface area (Å²) in [6.45, 7) is 24.9. The van der Waals surface area contributed by atoms with E-state index in [1.54, 1.807) is 0 Å². The van der Waals surface area contributed by atoms with Gasteiger partial charge in [0.1, 0.15) is 0 Å². The van der Waals surface area contributed by atoms with E-state index in [0.29, 0.717) is 14.5 Å². The Bertz CT molecular complexity index is 1960. The molecule has 0 spiro atoms. The Hall–Kier alpha value is -2.73. The van der Waals surface area contributed by atoms with Crippen LogP contribution in [0.5, 0.6) is 0 Å². The van der Waals surface area contributed by atoms with Crippen molar-refractivity contribution in [1.29, 1.82) is 0 Å². The summed E-state index contributed by atoms with van der Waals surface area (Å²) in [5, 5.41) is 0. The predicted molar refractivity (Wildman–Crippen MR) is 211 cm³/mol. The molecule has 0 fully saturated rings. The maximum atomic E-state index is 12.7. The van der Waals surface area contributed by atoms with Crippen LogP contribution in [0, 0.1) is 23.5 Å². The van der Waals surface area contributed by atoms with Crippen molar-refractivity contribution in [3.63, 3.8) is 0 Å². The van der Waals surface area contributed by atoms with Crippen LogP contribution < -0.4 is 24.8 Å². The van der Waals surface area contributed by atoms with Gasteiger partial charge in [0.2, 0.25) is 0 Å². The molecule has 0 saturated carbocycles. The normalized spacial score (nSPS) is 15.0. The van der Waals surface area contributed by atoms with Gasteiger partial charge in [-0.2, -0.15) is 41.0 Å². The number of rotatable bonds is 3. The number of benzene rings is 4. The molecule has 0 bridgehead atoms. The van der Waals surface area contributed by atoms with Gasteiger partial charge in [0.05, 0.1) is 0 Å². The minimum absolute atomic E-state index is 0. The first-order chi connectivity index (χ1) is 25.2. The average molecular weight is 905 g/mol. The Morgan fingerprint density at radius 3 is 1.56 bits per heavy atom. The van der Waals surface area contributed by atoms with Gasteiger partial charge in [-0.3, -0.25) is 6.08 Å². The summed E-state index contributed by atoms with van der Waals surface area (Å²) in [4.78, 5) is 0. The third-order valence-electron chi connectivity index (χ3n) is 9.79. The quantitative estimate of drug-likeness (QED) is 0.127. The smallest absolute Gasteiger partial charge is 1.00 e. The molecule has 0 radical (unpaired) electrons. The maximum Gasteiger partial charge on any atom is -1.00 e. The first-order valence-corrected chi connectivity index (χ1v) is 19.9. The van der Waals surface area contributed by atoms with Gasteiger partial charge in [0, 0.05) is 0 Å². The molecule has 6 rings (SSSR count). The van der Waals surface area contributed by atoms with Crippen LogP contribution in [0.4, 0.5) is 26.3 Å². The summed E-state index contributed by atoms with van der Waals surface area (Å²) >= 11 is 0.729. The molecule has 57 heavy (non-hydrogen) atoms. The van der Waals surface area contributed by atoms with Gasteiger partial charge in [-0.25, -0.2) is 5.57 Å². The zero-order valence-corrected chi connectivity index (χ0v) is 38.6. The topological polar surface area (TPSA) is 0 Å². The van der Waals surface area contributed by atoms with Gasteiger partial charge in [-0.15, -0.1) is 5.56 Å². The van der Waals surface area contributed by atoms with Gasteiger partial charge < -0.3 is 24.8 Å². The standard InChI is InChI=1S/C21H25.C15H8F6.C12H19.2ClH.Zr/c1-20(2,3)16-9-7-14-11-15-8-10-17(21(4,5)6)13-19(15)18(14)12-16;16-14(17,18)12-5-1-3-10(8-12)7-11-4-2-6-13(9-11)15(19,20)21;1-6-10-7-9(2)8-11(10)12(3,4)5;;;/h7,9-10,12-13H,11H2,1-6H3;1-6,8-9H;8-9H,6H2,1-5H3;2*1H;/q-1;;-1;;;+2/p-2. The summed E-state index contributed by atoms with van der Waals surface area (Å²) < 4.78 is 76.7. The molecule has 306 valence electrons. The fourth-order valence-corrected chi connectivity index (χ4v) is 7.36. The van der Waals surface area contributed by atoms with E-state index in [0.717, 1.165) is 61.3 Å². The van der Waals surface area contributed by atoms with Crippen LogP contribution in [0.25, 0.3) is 11.1 Å². The molecule has 0 saturated heterocycles. The van der Waals surface area contributed by atoms with Crippen molar-refractivity contribution < 1.29 is 75.4 Å². The van der Waals surface area contributed by atoms with Crippen molar-refractivity contribution in [2.75, 3.05) is 0 Å². The van der Waals surface area contributed by atoms with Crippen molar-refractivity contribution in [2.24, 2.45) is 11.3 Å². The molecule has 0 nitrogen and oxygen atoms in total. The maximum absolute atomic E-state index is 12.7. The first-order valence-electron chi connectivity index (χ1n) is 18.7. The van der Waals surface area contributed by atoms with Crippen LogP contribution in [-0.2, 0) is 53.8 Å². The van der Waals surface area contributed by atoms with E-state index in [4.69, 9.17) is 0 Å². The summed E-state index contributed by atoms with van der Waals surface area (Å²) in [5.41, 5.74) is 10.9. The van der Waals surface area contributed by atoms with Gasteiger partial charge in [0.25, 0.3) is 0 Å². The van der Waals surface area contributed by atoms with Gasteiger partial charge in [-0.05, 0) is 17.4 Å². The van der Waals surface area contributed by atoms with Gasteiger partial charge >= 0.3 is 137 Å². The van der Waals surface area contributed by atoms with Crippen LogP contribution >= 0.6 is 0 Å². The molecule has 4 aromatic carbocycles. The van der Waals surface area contributed by atoms with Crippen molar-refractivity contribution in [1.82, 2.24) is 0 Å². The average Bonchev–Trinajstić information content (AvgIpc) is 3.66. The Labute approximate surface area is 363 Å². The Kier molecular flexibility index (Phi) is 16.9. The zero-order chi connectivity index (χ0) is 41.3. The summed E-state index contributed by atoms with van der Waals surface area (Å²) in [6, 6.07) is 24.2.